The van der Waals surface area contributed by atoms with Gasteiger partial charge in [-0.25, -0.2) is 4.79 Å². The fourth-order valence-electron chi connectivity index (χ4n) is 3.44. The number of hydrogen-bond acceptors (Lipinski definition) is 2. The molecule has 0 bridgehead atoms. The molecule has 0 saturated heterocycles. The summed E-state index contributed by atoms with van der Waals surface area (Å²) in [5.74, 6) is -0.742. The van der Waals surface area contributed by atoms with Crippen molar-refractivity contribution < 1.29 is 14.7 Å². The van der Waals surface area contributed by atoms with Gasteiger partial charge in [-0.15, -0.1) is 0 Å². The molecule has 4 nitrogen and oxygen atoms in total. The molecule has 130 valence electrons. The van der Waals surface area contributed by atoms with E-state index in [1.54, 1.807) is 0 Å². The normalized spacial score (nSPS) is 17.6. The zero-order valence-electron chi connectivity index (χ0n) is 14.4. The largest absolute Gasteiger partial charge is 0.480 e. The lowest BCUT2D eigenvalue weighted by molar-refractivity contribution is -0.151. The maximum atomic E-state index is 12.7. The molecule has 1 heterocycles. The van der Waals surface area contributed by atoms with Gasteiger partial charge in [0.05, 0.1) is 0 Å². The summed E-state index contributed by atoms with van der Waals surface area (Å²) in [6, 6.07) is 17.1. The van der Waals surface area contributed by atoms with Crippen molar-refractivity contribution >= 4 is 11.9 Å². The van der Waals surface area contributed by atoms with Gasteiger partial charge < -0.3 is 10.0 Å². The molecule has 1 aliphatic heterocycles. The van der Waals surface area contributed by atoms with Crippen LogP contribution in [0.4, 0.5) is 0 Å². The van der Waals surface area contributed by atoms with E-state index in [1.165, 1.54) is 10.5 Å². The number of nitrogens with zero attached hydrogens (tertiary/aromatic N) is 1. The number of benzene rings is 2. The molecule has 0 fully saturated rings. The lowest BCUT2D eigenvalue weighted by Crippen LogP contribution is -2.48. The van der Waals surface area contributed by atoms with Crippen LogP contribution in [0.25, 0.3) is 0 Å². The van der Waals surface area contributed by atoms with Crippen molar-refractivity contribution in [2.45, 2.75) is 44.7 Å². The Bertz CT molecular complexity index is 757. The predicted octanol–water partition coefficient (Wildman–Crippen LogP) is 3.61. The molecule has 0 aromatic heterocycles. The predicted molar refractivity (Wildman–Crippen MR) is 96.2 cm³/mol. The Kier molecular flexibility index (Phi) is 5.17. The van der Waals surface area contributed by atoms with Crippen LogP contribution in [0.15, 0.2) is 54.6 Å². The van der Waals surface area contributed by atoms with Crippen LogP contribution in [0.1, 0.15) is 42.4 Å². The smallest absolute Gasteiger partial charge is 0.326 e. The molecule has 1 N–H and O–H groups in total. The second-order valence-corrected chi connectivity index (χ2v) is 6.70. The maximum Gasteiger partial charge on any atom is 0.326 e. The van der Waals surface area contributed by atoms with E-state index < -0.39 is 12.0 Å². The molecule has 0 saturated carbocycles. The molecule has 0 aliphatic carbocycles. The SMILES string of the molecule is CC(CCC(=O)N1Cc2ccccc2CC1C(=O)O)c1ccccc1. The molecule has 2 unspecified atom stereocenters. The number of fused-ring (bicyclic) bond motifs is 1. The molecular formula is C21H23NO3. The fraction of sp³-hybridized carbons (Fsp3) is 0.333. The third kappa shape index (κ3) is 3.90. The first-order chi connectivity index (χ1) is 12.1. The third-order valence-electron chi connectivity index (χ3n) is 5.01. The highest BCUT2D eigenvalue weighted by atomic mass is 16.4. The number of carboxylic acids is 1. The van der Waals surface area contributed by atoms with Crippen molar-refractivity contribution in [3.8, 4) is 0 Å². The van der Waals surface area contributed by atoms with Crippen molar-refractivity contribution in [1.82, 2.24) is 4.90 Å². The number of amides is 1. The van der Waals surface area contributed by atoms with E-state index in [-0.39, 0.29) is 11.8 Å². The van der Waals surface area contributed by atoms with Gasteiger partial charge in [-0.1, -0.05) is 61.5 Å². The van der Waals surface area contributed by atoms with Gasteiger partial charge in [0, 0.05) is 19.4 Å². The summed E-state index contributed by atoms with van der Waals surface area (Å²) in [6.45, 7) is 2.48. The monoisotopic (exact) mass is 337 g/mol. The van der Waals surface area contributed by atoms with Crippen molar-refractivity contribution in [3.63, 3.8) is 0 Å². The summed E-state index contributed by atoms with van der Waals surface area (Å²) in [6.07, 6.45) is 1.46. The number of carbonyl (C=O) groups excluding carboxylic acids is 1. The number of aliphatic carboxylic acids is 1. The molecule has 25 heavy (non-hydrogen) atoms. The van der Waals surface area contributed by atoms with E-state index in [1.807, 2.05) is 42.5 Å². The van der Waals surface area contributed by atoms with Crippen molar-refractivity contribution in [2.75, 3.05) is 0 Å². The van der Waals surface area contributed by atoms with Gasteiger partial charge in [-0.05, 0) is 29.0 Å². The zero-order chi connectivity index (χ0) is 17.8. The van der Waals surface area contributed by atoms with Gasteiger partial charge in [0.1, 0.15) is 6.04 Å². The molecule has 1 aliphatic rings. The summed E-state index contributed by atoms with van der Waals surface area (Å²) < 4.78 is 0. The molecule has 2 atom stereocenters. The van der Waals surface area contributed by atoms with Crippen LogP contribution in [-0.2, 0) is 22.6 Å². The van der Waals surface area contributed by atoms with Crippen molar-refractivity contribution in [1.29, 1.82) is 0 Å². The second kappa shape index (κ2) is 7.51. The summed E-state index contributed by atoms with van der Waals surface area (Å²) in [4.78, 5) is 25.9. The van der Waals surface area contributed by atoms with Crippen LogP contribution < -0.4 is 0 Å². The topological polar surface area (TPSA) is 57.6 Å². The van der Waals surface area contributed by atoms with Crippen LogP contribution in [0.5, 0.6) is 0 Å². The van der Waals surface area contributed by atoms with Crippen LogP contribution >= 0.6 is 0 Å². The van der Waals surface area contributed by atoms with E-state index in [9.17, 15) is 14.7 Å². The molecule has 2 aromatic rings. The average molecular weight is 337 g/mol. The average Bonchev–Trinajstić information content (AvgIpc) is 2.65. The minimum atomic E-state index is -0.932. The minimum absolute atomic E-state index is 0.0790. The third-order valence-corrected chi connectivity index (χ3v) is 5.01. The molecule has 0 spiro atoms. The molecule has 2 aromatic carbocycles. The Morgan fingerprint density at radius 3 is 2.40 bits per heavy atom. The molecule has 1 amide bonds. The van der Waals surface area contributed by atoms with Gasteiger partial charge in [-0.3, -0.25) is 4.79 Å². The number of carbonyl (C=O) groups is 2. The van der Waals surface area contributed by atoms with Crippen molar-refractivity contribution in [2.24, 2.45) is 0 Å². The van der Waals surface area contributed by atoms with Crippen molar-refractivity contribution in [3.05, 3.63) is 71.3 Å². The summed E-state index contributed by atoms with van der Waals surface area (Å²) in [5.41, 5.74) is 3.27. The zero-order valence-corrected chi connectivity index (χ0v) is 14.4. The summed E-state index contributed by atoms with van der Waals surface area (Å²) in [5, 5.41) is 9.54. The number of rotatable bonds is 5. The second-order valence-electron chi connectivity index (χ2n) is 6.70. The lowest BCUT2D eigenvalue weighted by Gasteiger charge is -2.34. The highest BCUT2D eigenvalue weighted by Crippen LogP contribution is 2.26. The Morgan fingerprint density at radius 1 is 1.08 bits per heavy atom. The van der Waals surface area contributed by atoms with E-state index in [2.05, 4.69) is 19.1 Å². The summed E-state index contributed by atoms with van der Waals surface area (Å²) in [7, 11) is 0. The lowest BCUT2D eigenvalue weighted by atomic mass is 9.92. The summed E-state index contributed by atoms with van der Waals surface area (Å²) >= 11 is 0. The van der Waals surface area contributed by atoms with E-state index >= 15 is 0 Å². The molecular weight excluding hydrogens is 314 g/mol. The highest BCUT2D eigenvalue weighted by Gasteiger charge is 2.34. The Hall–Kier alpha value is -2.62. The van der Waals surface area contributed by atoms with Crippen LogP contribution in [0, 0.1) is 0 Å². The first kappa shape index (κ1) is 17.2. The first-order valence-corrected chi connectivity index (χ1v) is 8.70. The van der Waals surface area contributed by atoms with Gasteiger partial charge in [0.2, 0.25) is 5.91 Å². The Labute approximate surface area is 148 Å². The molecule has 4 heteroatoms. The Morgan fingerprint density at radius 2 is 1.72 bits per heavy atom. The standard InChI is InChI=1S/C21H23NO3/c1-15(16-7-3-2-4-8-16)11-12-20(23)22-14-18-10-6-5-9-17(18)13-19(22)21(24)25/h2-10,15,19H,11-14H2,1H3,(H,24,25). The Balaban J connectivity index is 1.69. The van der Waals surface area contributed by atoms with E-state index in [4.69, 9.17) is 0 Å². The van der Waals surface area contributed by atoms with Crippen LogP contribution in [0.2, 0.25) is 0 Å². The van der Waals surface area contributed by atoms with E-state index in [0.29, 0.717) is 25.8 Å². The maximum absolute atomic E-state index is 12.7. The fourth-order valence-corrected chi connectivity index (χ4v) is 3.44. The first-order valence-electron chi connectivity index (χ1n) is 8.70. The van der Waals surface area contributed by atoms with Gasteiger partial charge in [0.25, 0.3) is 0 Å². The quantitative estimate of drug-likeness (QED) is 0.907. The molecule has 3 rings (SSSR count). The number of carboxylic acid groups (broad SMARTS) is 1. The van der Waals surface area contributed by atoms with Crippen LogP contribution in [0.3, 0.4) is 0 Å². The van der Waals surface area contributed by atoms with E-state index in [0.717, 1.165) is 11.1 Å². The van der Waals surface area contributed by atoms with Gasteiger partial charge in [-0.2, -0.15) is 0 Å². The van der Waals surface area contributed by atoms with Gasteiger partial charge in [0.15, 0.2) is 0 Å². The minimum Gasteiger partial charge on any atom is -0.480 e. The van der Waals surface area contributed by atoms with Gasteiger partial charge >= 0.3 is 5.97 Å². The highest BCUT2D eigenvalue weighted by molar-refractivity contribution is 5.84. The molecule has 0 radical (unpaired) electrons. The number of hydrogen-bond donors (Lipinski definition) is 1. The van der Waals surface area contributed by atoms with Crippen LogP contribution in [-0.4, -0.2) is 27.9 Å².